The second-order valence-electron chi connectivity index (χ2n) is 4.69. The number of rotatable bonds is 4. The lowest BCUT2D eigenvalue weighted by Crippen LogP contribution is -2.48. The van der Waals surface area contributed by atoms with E-state index in [0.717, 1.165) is 4.90 Å². The highest BCUT2D eigenvalue weighted by Crippen LogP contribution is 2.28. The van der Waals surface area contributed by atoms with Gasteiger partial charge in [-0.2, -0.15) is 0 Å². The predicted octanol–water partition coefficient (Wildman–Crippen LogP) is 1.78. The van der Waals surface area contributed by atoms with Crippen molar-refractivity contribution in [3.8, 4) is 0 Å². The zero-order valence-corrected chi connectivity index (χ0v) is 10.8. The number of carbonyl (C=O) groups excluding carboxylic acids is 2. The highest BCUT2D eigenvalue weighted by Gasteiger charge is 2.44. The van der Waals surface area contributed by atoms with Gasteiger partial charge in [0, 0.05) is 0 Å². The van der Waals surface area contributed by atoms with Crippen LogP contribution in [0.4, 0.5) is 0 Å². The maximum absolute atomic E-state index is 12.2. The molecule has 0 saturated carbocycles. The minimum absolute atomic E-state index is 0.280. The Morgan fingerprint density at radius 3 is 2.05 bits per heavy atom. The van der Waals surface area contributed by atoms with E-state index in [-0.39, 0.29) is 17.0 Å². The van der Waals surface area contributed by atoms with Gasteiger partial charge in [-0.15, -0.1) is 0 Å². The number of amides is 2. The lowest BCUT2D eigenvalue weighted by Gasteiger charge is -2.27. The van der Waals surface area contributed by atoms with E-state index in [9.17, 15) is 19.5 Å². The molecule has 0 fully saturated rings. The van der Waals surface area contributed by atoms with Crippen molar-refractivity contribution < 1.29 is 19.5 Å². The van der Waals surface area contributed by atoms with E-state index in [1.54, 1.807) is 31.2 Å². The third kappa shape index (κ3) is 2.01. The van der Waals surface area contributed by atoms with Crippen molar-refractivity contribution in [2.45, 2.75) is 26.3 Å². The Balaban J connectivity index is 2.45. The summed E-state index contributed by atoms with van der Waals surface area (Å²) in [7, 11) is 0. The van der Waals surface area contributed by atoms with Crippen LogP contribution < -0.4 is 0 Å². The number of hydrogen-bond acceptors (Lipinski definition) is 3. The van der Waals surface area contributed by atoms with Gasteiger partial charge in [0.05, 0.1) is 11.1 Å². The fourth-order valence-electron chi connectivity index (χ4n) is 2.29. The summed E-state index contributed by atoms with van der Waals surface area (Å²) in [5, 5.41) is 9.30. The van der Waals surface area contributed by atoms with Gasteiger partial charge in [0.1, 0.15) is 6.04 Å². The SMILES string of the molecule is CC[C@@H](C)[C@@H](C(=O)O)N1C(=O)c2ccccc2C1=O. The molecule has 0 radical (unpaired) electrons. The lowest BCUT2D eigenvalue weighted by molar-refractivity contribution is -0.143. The van der Waals surface area contributed by atoms with Crippen molar-refractivity contribution in [2.75, 3.05) is 0 Å². The molecule has 1 aliphatic heterocycles. The fraction of sp³-hybridized carbons (Fsp3) is 0.357. The van der Waals surface area contributed by atoms with Crippen LogP contribution in [0.15, 0.2) is 24.3 Å². The third-order valence-electron chi connectivity index (χ3n) is 3.54. The topological polar surface area (TPSA) is 74.7 Å². The molecule has 19 heavy (non-hydrogen) atoms. The van der Waals surface area contributed by atoms with Gasteiger partial charge in [-0.3, -0.25) is 14.5 Å². The van der Waals surface area contributed by atoms with Gasteiger partial charge in [0.25, 0.3) is 11.8 Å². The molecule has 1 aliphatic rings. The number of hydrogen-bond donors (Lipinski definition) is 1. The van der Waals surface area contributed by atoms with Crippen LogP contribution in [-0.2, 0) is 4.79 Å². The number of carbonyl (C=O) groups is 3. The van der Waals surface area contributed by atoms with Gasteiger partial charge in [-0.25, -0.2) is 4.79 Å². The van der Waals surface area contributed by atoms with Crippen molar-refractivity contribution in [2.24, 2.45) is 5.92 Å². The Morgan fingerprint density at radius 1 is 1.21 bits per heavy atom. The van der Waals surface area contributed by atoms with Gasteiger partial charge in [-0.1, -0.05) is 32.4 Å². The van der Waals surface area contributed by atoms with E-state index >= 15 is 0 Å². The highest BCUT2D eigenvalue weighted by molar-refractivity contribution is 6.22. The first kappa shape index (κ1) is 13.3. The summed E-state index contributed by atoms with van der Waals surface area (Å²) >= 11 is 0. The van der Waals surface area contributed by atoms with E-state index < -0.39 is 23.8 Å². The second-order valence-corrected chi connectivity index (χ2v) is 4.69. The van der Waals surface area contributed by atoms with Crippen molar-refractivity contribution in [3.63, 3.8) is 0 Å². The third-order valence-corrected chi connectivity index (χ3v) is 3.54. The Kier molecular flexibility index (Phi) is 3.38. The van der Waals surface area contributed by atoms with Crippen LogP contribution in [0.1, 0.15) is 41.0 Å². The monoisotopic (exact) mass is 261 g/mol. The van der Waals surface area contributed by atoms with Crippen molar-refractivity contribution in [1.29, 1.82) is 0 Å². The summed E-state index contributed by atoms with van der Waals surface area (Å²) in [4.78, 5) is 36.7. The molecule has 2 atom stereocenters. The maximum Gasteiger partial charge on any atom is 0.327 e. The first-order valence-corrected chi connectivity index (χ1v) is 6.18. The average Bonchev–Trinajstić information content (AvgIpc) is 2.64. The van der Waals surface area contributed by atoms with E-state index in [0.29, 0.717) is 6.42 Å². The molecule has 0 spiro atoms. The van der Waals surface area contributed by atoms with E-state index in [1.165, 1.54) is 0 Å². The molecule has 100 valence electrons. The molecule has 0 bridgehead atoms. The largest absolute Gasteiger partial charge is 0.480 e. The normalized spacial score (nSPS) is 17.3. The average molecular weight is 261 g/mol. The van der Waals surface area contributed by atoms with Gasteiger partial charge in [0.15, 0.2) is 0 Å². The maximum atomic E-state index is 12.2. The van der Waals surface area contributed by atoms with Crippen LogP contribution in [0.2, 0.25) is 0 Å². The van der Waals surface area contributed by atoms with Crippen LogP contribution in [0.25, 0.3) is 0 Å². The molecular weight excluding hydrogens is 246 g/mol. The summed E-state index contributed by atoms with van der Waals surface area (Å²) in [5.74, 6) is -2.48. The lowest BCUT2D eigenvalue weighted by atomic mass is 9.98. The number of carboxylic acid groups (broad SMARTS) is 1. The summed E-state index contributed by atoms with van der Waals surface area (Å²) in [6.07, 6.45) is 0.574. The Bertz CT molecular complexity index is 517. The number of imide groups is 1. The van der Waals surface area contributed by atoms with Crippen molar-refractivity contribution in [1.82, 2.24) is 4.90 Å². The number of nitrogens with zero attached hydrogens (tertiary/aromatic N) is 1. The smallest absolute Gasteiger partial charge is 0.327 e. The molecule has 5 heteroatoms. The van der Waals surface area contributed by atoms with Crippen LogP contribution in [-0.4, -0.2) is 33.8 Å². The minimum Gasteiger partial charge on any atom is -0.480 e. The van der Waals surface area contributed by atoms with Crippen molar-refractivity contribution >= 4 is 17.8 Å². The Morgan fingerprint density at radius 2 is 1.68 bits per heavy atom. The predicted molar refractivity (Wildman–Crippen MR) is 67.8 cm³/mol. The molecule has 1 N–H and O–H groups in total. The van der Waals surface area contributed by atoms with Gasteiger partial charge < -0.3 is 5.11 Å². The van der Waals surface area contributed by atoms with E-state index in [2.05, 4.69) is 0 Å². The van der Waals surface area contributed by atoms with Crippen LogP contribution in [0.3, 0.4) is 0 Å². The summed E-state index contributed by atoms with van der Waals surface area (Å²) in [5.41, 5.74) is 0.559. The van der Waals surface area contributed by atoms with Crippen LogP contribution in [0, 0.1) is 5.92 Å². The van der Waals surface area contributed by atoms with E-state index in [4.69, 9.17) is 0 Å². The van der Waals surface area contributed by atoms with Gasteiger partial charge in [0.2, 0.25) is 0 Å². The van der Waals surface area contributed by atoms with E-state index in [1.807, 2.05) is 6.92 Å². The number of fused-ring (bicyclic) bond motifs is 1. The molecule has 0 saturated heterocycles. The first-order chi connectivity index (χ1) is 8.99. The molecule has 0 unspecified atom stereocenters. The number of aliphatic carboxylic acids is 1. The van der Waals surface area contributed by atoms with Gasteiger partial charge in [-0.05, 0) is 18.1 Å². The molecule has 2 amide bonds. The summed E-state index contributed by atoms with van der Waals surface area (Å²) < 4.78 is 0. The molecular formula is C14H15NO4. The van der Waals surface area contributed by atoms with Gasteiger partial charge >= 0.3 is 5.97 Å². The molecule has 0 aromatic heterocycles. The highest BCUT2D eigenvalue weighted by atomic mass is 16.4. The Labute approximate surface area is 110 Å². The molecule has 1 aromatic rings. The fourth-order valence-corrected chi connectivity index (χ4v) is 2.29. The molecule has 1 aromatic carbocycles. The number of carboxylic acids is 1. The quantitative estimate of drug-likeness (QED) is 0.838. The zero-order valence-electron chi connectivity index (χ0n) is 10.8. The Hall–Kier alpha value is -2.17. The first-order valence-electron chi connectivity index (χ1n) is 6.18. The molecule has 0 aliphatic carbocycles. The number of benzene rings is 1. The van der Waals surface area contributed by atoms with Crippen molar-refractivity contribution in [3.05, 3.63) is 35.4 Å². The standard InChI is InChI=1S/C14H15NO4/c1-3-8(2)11(14(18)19)15-12(16)9-6-4-5-7-10(9)13(15)17/h4-8,11H,3H2,1-2H3,(H,18,19)/t8-,11+/m1/s1. The van der Waals surface area contributed by atoms with Crippen LogP contribution in [0.5, 0.6) is 0 Å². The molecule has 5 nitrogen and oxygen atoms in total. The summed E-state index contributed by atoms with van der Waals surface area (Å²) in [6, 6.07) is 5.30. The zero-order chi connectivity index (χ0) is 14.2. The minimum atomic E-state index is -1.15. The van der Waals surface area contributed by atoms with Crippen LogP contribution >= 0.6 is 0 Å². The molecule has 2 rings (SSSR count). The summed E-state index contributed by atoms with van der Waals surface area (Å²) in [6.45, 7) is 3.56. The second kappa shape index (κ2) is 4.84. The molecule has 1 heterocycles.